The number of aromatic nitrogens is 3. The molecule has 0 spiro atoms. The fourth-order valence-electron chi connectivity index (χ4n) is 3.16. The molecule has 136 valence electrons. The largest absolute Gasteiger partial charge is 0.394 e. The van der Waals surface area contributed by atoms with Crippen LogP contribution in [-0.4, -0.2) is 56.1 Å². The Bertz CT molecular complexity index is 673. The topological polar surface area (TPSA) is 95.2 Å². The molecule has 0 radical (unpaired) electrons. The van der Waals surface area contributed by atoms with Crippen LogP contribution in [0.2, 0.25) is 0 Å². The Hall–Kier alpha value is -2.03. The third-order valence-corrected chi connectivity index (χ3v) is 4.56. The van der Waals surface area contributed by atoms with Gasteiger partial charge in [-0.1, -0.05) is 0 Å². The van der Waals surface area contributed by atoms with Crippen molar-refractivity contribution >= 4 is 5.95 Å². The highest BCUT2D eigenvalue weighted by atomic mass is 19.1. The average Bonchev–Trinajstić information content (AvgIpc) is 3.09. The van der Waals surface area contributed by atoms with Crippen molar-refractivity contribution < 1.29 is 14.6 Å². The van der Waals surface area contributed by atoms with Crippen molar-refractivity contribution in [3.8, 4) is 5.69 Å². The second-order valence-electron chi connectivity index (χ2n) is 6.39. The number of pyridine rings is 1. The Kier molecular flexibility index (Phi) is 5.95. The number of rotatable bonds is 7. The Labute approximate surface area is 145 Å². The molecule has 8 heteroatoms. The van der Waals surface area contributed by atoms with Gasteiger partial charge in [-0.05, 0) is 31.7 Å². The summed E-state index contributed by atoms with van der Waals surface area (Å²) in [6.07, 6.45) is 9.27. The first-order valence-corrected chi connectivity index (χ1v) is 8.59. The summed E-state index contributed by atoms with van der Waals surface area (Å²) in [5, 5.41) is 24.9. The summed E-state index contributed by atoms with van der Waals surface area (Å²) < 4.78 is 15.6. The first-order valence-electron chi connectivity index (χ1n) is 8.59. The van der Waals surface area contributed by atoms with Crippen LogP contribution in [0.25, 0.3) is 5.69 Å². The first-order chi connectivity index (χ1) is 12.2. The Morgan fingerprint density at radius 2 is 2.00 bits per heavy atom. The van der Waals surface area contributed by atoms with Gasteiger partial charge in [-0.15, -0.1) is 0 Å². The average molecular weight is 349 g/mol. The van der Waals surface area contributed by atoms with Gasteiger partial charge in [-0.25, -0.2) is 9.37 Å². The van der Waals surface area contributed by atoms with Crippen LogP contribution in [0, 0.1) is 5.82 Å². The molecule has 2 aromatic rings. The number of nitrogens with one attached hydrogen (secondary N) is 2. The first kappa shape index (κ1) is 17.8. The van der Waals surface area contributed by atoms with Crippen LogP contribution in [0.1, 0.15) is 25.7 Å². The van der Waals surface area contributed by atoms with Crippen LogP contribution in [0.3, 0.4) is 0 Å². The van der Waals surface area contributed by atoms with Crippen molar-refractivity contribution in [1.82, 2.24) is 19.9 Å². The van der Waals surface area contributed by atoms with Crippen LogP contribution in [0.5, 0.6) is 0 Å². The zero-order valence-electron chi connectivity index (χ0n) is 14.0. The van der Waals surface area contributed by atoms with Gasteiger partial charge in [0.15, 0.2) is 5.82 Å². The predicted molar refractivity (Wildman–Crippen MR) is 92.1 cm³/mol. The van der Waals surface area contributed by atoms with Crippen molar-refractivity contribution in [1.29, 1.82) is 0 Å². The maximum absolute atomic E-state index is 14.0. The van der Waals surface area contributed by atoms with Crippen LogP contribution in [0.4, 0.5) is 10.3 Å². The summed E-state index contributed by atoms with van der Waals surface area (Å²) in [4.78, 5) is 8.08. The number of aliphatic hydroxyl groups is 2. The van der Waals surface area contributed by atoms with Gasteiger partial charge in [0.1, 0.15) is 0 Å². The van der Waals surface area contributed by atoms with Crippen molar-refractivity contribution in [2.75, 3.05) is 18.5 Å². The fraction of sp³-hybridized carbons (Fsp3) is 0.529. The molecule has 1 saturated carbocycles. The number of halogens is 1. The van der Waals surface area contributed by atoms with Crippen molar-refractivity contribution in [2.24, 2.45) is 0 Å². The minimum Gasteiger partial charge on any atom is -0.394 e. The Balaban J connectivity index is 1.55. The van der Waals surface area contributed by atoms with E-state index in [1.54, 1.807) is 29.2 Å². The van der Waals surface area contributed by atoms with Crippen LogP contribution < -0.4 is 10.6 Å². The molecule has 25 heavy (non-hydrogen) atoms. The van der Waals surface area contributed by atoms with Crippen LogP contribution in [-0.2, 0) is 0 Å². The van der Waals surface area contributed by atoms with Crippen LogP contribution in [0.15, 0.2) is 30.9 Å². The SMILES string of the molecule is OCC(O)CNC1CCC(Nc2nccn2-c2ccncc2F)CC1. The van der Waals surface area contributed by atoms with Gasteiger partial charge in [-0.3, -0.25) is 9.55 Å². The minimum atomic E-state index is -0.710. The van der Waals surface area contributed by atoms with Gasteiger partial charge in [0.2, 0.25) is 5.95 Å². The molecular formula is C17H24FN5O2. The molecule has 1 unspecified atom stereocenters. The maximum atomic E-state index is 14.0. The lowest BCUT2D eigenvalue weighted by atomic mass is 9.91. The molecule has 1 atom stereocenters. The van der Waals surface area contributed by atoms with E-state index in [9.17, 15) is 9.50 Å². The van der Waals surface area contributed by atoms with Gasteiger partial charge in [-0.2, -0.15) is 0 Å². The van der Waals surface area contributed by atoms with E-state index in [-0.39, 0.29) is 18.5 Å². The monoisotopic (exact) mass is 349 g/mol. The van der Waals surface area contributed by atoms with Crippen LogP contribution >= 0.6 is 0 Å². The number of nitrogens with zero attached hydrogens (tertiary/aromatic N) is 3. The lowest BCUT2D eigenvalue weighted by molar-refractivity contribution is 0.0902. The molecule has 1 aliphatic rings. The molecule has 0 bridgehead atoms. The summed E-state index contributed by atoms with van der Waals surface area (Å²) in [5.74, 6) is 0.233. The zero-order chi connectivity index (χ0) is 17.6. The second-order valence-corrected chi connectivity index (χ2v) is 6.39. The maximum Gasteiger partial charge on any atom is 0.207 e. The fourth-order valence-corrected chi connectivity index (χ4v) is 3.16. The van der Waals surface area contributed by atoms with E-state index in [4.69, 9.17) is 5.11 Å². The lowest BCUT2D eigenvalue weighted by Gasteiger charge is -2.30. The third-order valence-electron chi connectivity index (χ3n) is 4.56. The zero-order valence-corrected chi connectivity index (χ0v) is 14.0. The minimum absolute atomic E-state index is 0.224. The molecule has 1 fully saturated rings. The molecule has 0 aromatic carbocycles. The van der Waals surface area contributed by atoms with Crippen molar-refractivity contribution in [2.45, 2.75) is 43.9 Å². The number of anilines is 1. The molecule has 0 aliphatic heterocycles. The highest BCUT2D eigenvalue weighted by molar-refractivity contribution is 5.42. The second kappa shape index (κ2) is 8.37. The molecular weight excluding hydrogens is 325 g/mol. The highest BCUT2D eigenvalue weighted by Gasteiger charge is 2.22. The summed E-state index contributed by atoms with van der Waals surface area (Å²) in [6.45, 7) is 0.184. The van der Waals surface area contributed by atoms with Gasteiger partial charge in [0, 0.05) is 37.2 Å². The smallest absolute Gasteiger partial charge is 0.207 e. The molecule has 0 amide bonds. The van der Waals surface area contributed by atoms with E-state index in [0.29, 0.717) is 24.2 Å². The van der Waals surface area contributed by atoms with E-state index in [2.05, 4.69) is 20.6 Å². The van der Waals surface area contributed by atoms with Crippen molar-refractivity contribution in [3.05, 3.63) is 36.7 Å². The predicted octanol–water partition coefficient (Wildman–Crippen LogP) is 1.07. The molecule has 2 heterocycles. The Morgan fingerprint density at radius 3 is 2.72 bits per heavy atom. The summed E-state index contributed by atoms with van der Waals surface area (Å²) in [5.41, 5.74) is 0.420. The summed E-state index contributed by atoms with van der Waals surface area (Å²) in [7, 11) is 0. The van der Waals surface area contributed by atoms with Crippen molar-refractivity contribution in [3.63, 3.8) is 0 Å². The number of hydrogen-bond acceptors (Lipinski definition) is 6. The molecule has 7 nitrogen and oxygen atoms in total. The van der Waals surface area contributed by atoms with Gasteiger partial charge < -0.3 is 20.8 Å². The highest BCUT2D eigenvalue weighted by Crippen LogP contribution is 2.23. The standard InChI is InChI=1S/C17H24FN5O2/c18-15-10-19-6-5-16(15)23-8-7-20-17(23)22-13-3-1-12(2-4-13)21-9-14(25)11-24/h5-8,10,12-14,21,24-25H,1-4,9,11H2,(H,20,22). The number of hydrogen-bond donors (Lipinski definition) is 4. The molecule has 0 saturated heterocycles. The quantitative estimate of drug-likeness (QED) is 0.597. The van der Waals surface area contributed by atoms with Gasteiger partial charge >= 0.3 is 0 Å². The summed E-state index contributed by atoms with van der Waals surface area (Å²) >= 11 is 0. The van der Waals surface area contributed by atoms with E-state index < -0.39 is 6.10 Å². The normalized spacial score (nSPS) is 21.9. The third kappa shape index (κ3) is 4.53. The Morgan fingerprint density at radius 1 is 1.24 bits per heavy atom. The van der Waals surface area contributed by atoms with Gasteiger partial charge in [0.05, 0.1) is 24.6 Å². The molecule has 2 aromatic heterocycles. The van der Waals surface area contributed by atoms with E-state index in [1.165, 1.54) is 6.20 Å². The molecule has 1 aliphatic carbocycles. The number of imidazole rings is 1. The molecule has 3 rings (SSSR count). The van der Waals surface area contributed by atoms with E-state index >= 15 is 0 Å². The van der Waals surface area contributed by atoms with E-state index in [0.717, 1.165) is 25.7 Å². The van der Waals surface area contributed by atoms with Gasteiger partial charge in [0.25, 0.3) is 0 Å². The summed E-state index contributed by atoms with van der Waals surface area (Å²) in [6, 6.07) is 2.23. The lowest BCUT2D eigenvalue weighted by Crippen LogP contribution is -2.41. The molecule has 4 N–H and O–H groups in total. The number of aliphatic hydroxyl groups excluding tert-OH is 2. The van der Waals surface area contributed by atoms with E-state index in [1.807, 2.05) is 0 Å².